The largest absolute Gasteiger partial charge is 0.365 e. The number of likely N-dealkylation sites (N-methyl/N-ethyl adjacent to an activating group) is 1. The summed E-state index contributed by atoms with van der Waals surface area (Å²) in [5, 5.41) is 3.28. The van der Waals surface area contributed by atoms with E-state index in [0.29, 0.717) is 12.1 Å². The van der Waals surface area contributed by atoms with Gasteiger partial charge < -0.3 is 15.0 Å². The summed E-state index contributed by atoms with van der Waals surface area (Å²) in [6.07, 6.45) is 9.64. The first-order valence-electron chi connectivity index (χ1n) is 8.32. The number of hydrogen-bond acceptors (Lipinski definition) is 3. The van der Waals surface area contributed by atoms with E-state index in [1.165, 1.54) is 25.7 Å². The Morgan fingerprint density at radius 3 is 2.43 bits per heavy atom. The number of halogens is 1. The highest BCUT2D eigenvalue weighted by Gasteiger charge is 2.28. The fourth-order valence-electron chi connectivity index (χ4n) is 3.39. The number of likely N-dealkylation sites (tertiary alicyclic amines) is 1. The van der Waals surface area contributed by atoms with Crippen LogP contribution in [-0.4, -0.2) is 49.2 Å². The van der Waals surface area contributed by atoms with Crippen molar-refractivity contribution in [2.45, 2.75) is 76.5 Å². The van der Waals surface area contributed by atoms with Gasteiger partial charge >= 0.3 is 0 Å². The molecule has 0 aromatic heterocycles. The third-order valence-corrected chi connectivity index (χ3v) is 4.69. The van der Waals surface area contributed by atoms with Gasteiger partial charge in [-0.05, 0) is 39.7 Å². The van der Waals surface area contributed by atoms with Gasteiger partial charge in [0.15, 0.2) is 0 Å². The minimum absolute atomic E-state index is 0. The zero-order valence-electron chi connectivity index (χ0n) is 13.5. The zero-order chi connectivity index (χ0) is 14.4. The quantitative estimate of drug-likeness (QED) is 0.810. The molecule has 0 radical (unpaired) electrons. The molecule has 1 amide bonds. The maximum Gasteiger partial charge on any atom is 0.251 e. The highest BCUT2D eigenvalue weighted by atomic mass is 35.5. The van der Waals surface area contributed by atoms with E-state index in [1.54, 1.807) is 0 Å². The van der Waals surface area contributed by atoms with Gasteiger partial charge in [-0.1, -0.05) is 25.7 Å². The Labute approximate surface area is 135 Å². The van der Waals surface area contributed by atoms with Crippen LogP contribution in [0, 0.1) is 0 Å². The SMILES string of the molecule is CNC1CCCN(C(=O)C(C)OC2CCCCCC2)C1.Cl. The molecule has 1 heterocycles. The van der Waals surface area contributed by atoms with Crippen molar-refractivity contribution in [2.24, 2.45) is 0 Å². The Hall–Kier alpha value is -0.320. The number of ether oxygens (including phenoxy) is 1. The number of nitrogens with zero attached hydrogens (tertiary/aromatic N) is 1. The van der Waals surface area contributed by atoms with E-state index >= 15 is 0 Å². The van der Waals surface area contributed by atoms with Crippen LogP contribution in [0.25, 0.3) is 0 Å². The van der Waals surface area contributed by atoms with Crippen molar-refractivity contribution in [3.8, 4) is 0 Å². The van der Waals surface area contributed by atoms with E-state index in [2.05, 4.69) is 5.32 Å². The van der Waals surface area contributed by atoms with Crippen molar-refractivity contribution in [3.05, 3.63) is 0 Å². The second-order valence-electron chi connectivity index (χ2n) is 6.30. The van der Waals surface area contributed by atoms with Gasteiger partial charge in [-0.3, -0.25) is 4.79 Å². The van der Waals surface area contributed by atoms with Crippen LogP contribution in [0.4, 0.5) is 0 Å². The molecule has 124 valence electrons. The fraction of sp³-hybridized carbons (Fsp3) is 0.938. The first kappa shape index (κ1) is 18.7. The number of amides is 1. The average molecular weight is 319 g/mol. The van der Waals surface area contributed by atoms with Crippen molar-refractivity contribution >= 4 is 18.3 Å². The summed E-state index contributed by atoms with van der Waals surface area (Å²) in [7, 11) is 1.98. The standard InChI is InChI=1S/C16H30N2O2.ClH/c1-13(20-15-9-5-3-4-6-10-15)16(19)18-11-7-8-14(12-18)17-2;/h13-15,17H,3-12H2,1-2H3;1H. The number of carbonyl (C=O) groups excluding carboxylic acids is 1. The lowest BCUT2D eigenvalue weighted by Gasteiger charge is -2.34. The molecule has 2 aliphatic rings. The number of hydrogen-bond donors (Lipinski definition) is 1. The lowest BCUT2D eigenvalue weighted by Crippen LogP contribution is -2.50. The van der Waals surface area contributed by atoms with Gasteiger partial charge in [-0.15, -0.1) is 12.4 Å². The topological polar surface area (TPSA) is 41.6 Å². The molecule has 1 aliphatic heterocycles. The minimum atomic E-state index is -0.284. The summed E-state index contributed by atoms with van der Waals surface area (Å²) < 4.78 is 6.04. The van der Waals surface area contributed by atoms with Gasteiger partial charge in [0.25, 0.3) is 5.91 Å². The van der Waals surface area contributed by atoms with Gasteiger partial charge in [0.05, 0.1) is 6.10 Å². The first-order valence-corrected chi connectivity index (χ1v) is 8.32. The van der Waals surface area contributed by atoms with Crippen LogP contribution >= 0.6 is 12.4 Å². The maximum absolute atomic E-state index is 12.5. The molecule has 5 heteroatoms. The van der Waals surface area contributed by atoms with Crippen LogP contribution in [0.1, 0.15) is 58.3 Å². The third-order valence-electron chi connectivity index (χ3n) is 4.69. The molecule has 21 heavy (non-hydrogen) atoms. The molecule has 1 N–H and O–H groups in total. The van der Waals surface area contributed by atoms with Crippen molar-refractivity contribution in [1.82, 2.24) is 10.2 Å². The summed E-state index contributed by atoms with van der Waals surface area (Å²) >= 11 is 0. The normalized spacial score (nSPS) is 25.8. The van der Waals surface area contributed by atoms with Crippen LogP contribution in [-0.2, 0) is 9.53 Å². The minimum Gasteiger partial charge on any atom is -0.365 e. The molecular weight excluding hydrogens is 288 g/mol. The smallest absolute Gasteiger partial charge is 0.251 e. The van der Waals surface area contributed by atoms with E-state index < -0.39 is 0 Å². The van der Waals surface area contributed by atoms with Crippen LogP contribution in [0.5, 0.6) is 0 Å². The Morgan fingerprint density at radius 1 is 1.14 bits per heavy atom. The lowest BCUT2D eigenvalue weighted by molar-refractivity contribution is -0.148. The van der Waals surface area contributed by atoms with Crippen LogP contribution in [0.15, 0.2) is 0 Å². The first-order chi connectivity index (χ1) is 9.70. The Bertz CT molecular complexity index is 307. The molecular formula is C16H31ClN2O2. The van der Waals surface area contributed by atoms with Gasteiger partial charge in [0.2, 0.25) is 0 Å². The lowest BCUT2D eigenvalue weighted by atomic mass is 10.1. The molecule has 1 aliphatic carbocycles. The van der Waals surface area contributed by atoms with Crippen LogP contribution in [0.2, 0.25) is 0 Å². The second-order valence-corrected chi connectivity index (χ2v) is 6.30. The summed E-state index contributed by atoms with van der Waals surface area (Å²) in [6.45, 7) is 3.64. The molecule has 0 spiro atoms. The molecule has 2 unspecified atom stereocenters. The van der Waals surface area contributed by atoms with Crippen molar-refractivity contribution < 1.29 is 9.53 Å². The average Bonchev–Trinajstić information content (AvgIpc) is 2.75. The highest BCUT2D eigenvalue weighted by molar-refractivity contribution is 5.85. The molecule has 0 aromatic carbocycles. The van der Waals surface area contributed by atoms with Crippen molar-refractivity contribution in [3.63, 3.8) is 0 Å². The summed E-state index contributed by atoms with van der Waals surface area (Å²) in [5.74, 6) is 0.175. The number of rotatable bonds is 4. The third kappa shape index (κ3) is 5.76. The van der Waals surface area contributed by atoms with Gasteiger partial charge in [-0.2, -0.15) is 0 Å². The van der Waals surface area contributed by atoms with Crippen LogP contribution in [0.3, 0.4) is 0 Å². The number of piperidine rings is 1. The van der Waals surface area contributed by atoms with Crippen molar-refractivity contribution in [2.75, 3.05) is 20.1 Å². The maximum atomic E-state index is 12.5. The summed E-state index contributed by atoms with van der Waals surface area (Å²) in [6, 6.07) is 0.442. The number of nitrogens with one attached hydrogen (secondary N) is 1. The Morgan fingerprint density at radius 2 is 1.81 bits per heavy atom. The highest BCUT2D eigenvalue weighted by Crippen LogP contribution is 2.22. The van der Waals surface area contributed by atoms with Gasteiger partial charge in [-0.25, -0.2) is 0 Å². The van der Waals surface area contributed by atoms with Crippen molar-refractivity contribution in [1.29, 1.82) is 0 Å². The molecule has 2 rings (SSSR count). The zero-order valence-corrected chi connectivity index (χ0v) is 14.3. The molecule has 2 fully saturated rings. The van der Waals surface area contributed by atoms with E-state index in [9.17, 15) is 4.79 Å². The monoisotopic (exact) mass is 318 g/mol. The molecule has 4 nitrogen and oxygen atoms in total. The van der Waals surface area contributed by atoms with Gasteiger partial charge in [0, 0.05) is 19.1 Å². The predicted molar refractivity (Wildman–Crippen MR) is 87.9 cm³/mol. The Kier molecular flexibility index (Phi) is 8.60. The molecule has 0 bridgehead atoms. The summed E-state index contributed by atoms with van der Waals surface area (Å²) in [5.41, 5.74) is 0. The summed E-state index contributed by atoms with van der Waals surface area (Å²) in [4.78, 5) is 14.5. The predicted octanol–water partition coefficient (Wildman–Crippen LogP) is 2.75. The molecule has 1 saturated heterocycles. The molecule has 0 aromatic rings. The van der Waals surface area contributed by atoms with E-state index in [-0.39, 0.29) is 24.4 Å². The Balaban J connectivity index is 0.00000220. The number of carbonyl (C=O) groups is 1. The van der Waals surface area contributed by atoms with E-state index in [1.807, 2.05) is 18.9 Å². The van der Waals surface area contributed by atoms with E-state index in [4.69, 9.17) is 4.74 Å². The molecule has 1 saturated carbocycles. The van der Waals surface area contributed by atoms with E-state index in [0.717, 1.165) is 38.8 Å². The van der Waals surface area contributed by atoms with Gasteiger partial charge in [0.1, 0.15) is 6.10 Å². The fourth-order valence-corrected chi connectivity index (χ4v) is 3.39. The second kappa shape index (κ2) is 9.65. The molecule has 2 atom stereocenters. The van der Waals surface area contributed by atoms with Crippen LogP contribution < -0.4 is 5.32 Å².